The van der Waals surface area contributed by atoms with E-state index in [0.29, 0.717) is 5.41 Å². The number of hydrogen-bond donors (Lipinski definition) is 2. The van der Waals surface area contributed by atoms with Gasteiger partial charge in [0.05, 0.1) is 6.61 Å². The van der Waals surface area contributed by atoms with Crippen molar-refractivity contribution >= 4 is 0 Å². The highest BCUT2D eigenvalue weighted by Crippen LogP contribution is 2.30. The third-order valence-electron chi connectivity index (χ3n) is 3.73. The van der Waals surface area contributed by atoms with Gasteiger partial charge in [0.15, 0.2) is 0 Å². The second kappa shape index (κ2) is 8.03. The predicted molar refractivity (Wildman–Crippen MR) is 70.2 cm³/mol. The second-order valence-electron chi connectivity index (χ2n) is 4.99. The predicted octanol–water partition coefficient (Wildman–Crippen LogP) is 0.707. The largest absolute Gasteiger partial charge is 0.395 e. The highest BCUT2D eigenvalue weighted by Gasteiger charge is 2.33. The monoisotopic (exact) mass is 244 g/mol. The molecule has 1 aliphatic rings. The SMILES string of the molecule is CCNCC1(CN(CC)CCO)CCOCC1. The fraction of sp³-hybridized carbons (Fsp3) is 1.00. The van der Waals surface area contributed by atoms with E-state index >= 15 is 0 Å². The number of aliphatic hydroxyl groups is 1. The zero-order valence-corrected chi connectivity index (χ0v) is 11.4. The molecule has 0 bridgehead atoms. The Hall–Kier alpha value is -0.160. The van der Waals surface area contributed by atoms with Crippen LogP contribution in [0.4, 0.5) is 0 Å². The maximum Gasteiger partial charge on any atom is 0.0558 e. The zero-order valence-electron chi connectivity index (χ0n) is 11.4. The van der Waals surface area contributed by atoms with Gasteiger partial charge < -0.3 is 20.1 Å². The summed E-state index contributed by atoms with van der Waals surface area (Å²) in [5.41, 5.74) is 0.333. The number of nitrogens with zero attached hydrogens (tertiary/aromatic N) is 1. The van der Waals surface area contributed by atoms with Crippen LogP contribution in [0.25, 0.3) is 0 Å². The lowest BCUT2D eigenvalue weighted by molar-refractivity contribution is -0.00540. The van der Waals surface area contributed by atoms with Gasteiger partial charge in [-0.2, -0.15) is 0 Å². The molecule has 0 aromatic heterocycles. The third kappa shape index (κ3) is 4.92. The minimum absolute atomic E-state index is 0.252. The molecule has 102 valence electrons. The van der Waals surface area contributed by atoms with E-state index in [-0.39, 0.29) is 6.61 Å². The van der Waals surface area contributed by atoms with Crippen molar-refractivity contribution in [2.75, 3.05) is 52.5 Å². The van der Waals surface area contributed by atoms with Crippen LogP contribution in [0.5, 0.6) is 0 Å². The minimum Gasteiger partial charge on any atom is -0.395 e. The summed E-state index contributed by atoms with van der Waals surface area (Å²) in [5, 5.41) is 12.6. The molecule has 1 rings (SSSR count). The molecule has 1 aliphatic heterocycles. The number of ether oxygens (including phenoxy) is 1. The molecule has 0 aliphatic carbocycles. The lowest BCUT2D eigenvalue weighted by Gasteiger charge is -2.41. The fourth-order valence-electron chi connectivity index (χ4n) is 2.55. The van der Waals surface area contributed by atoms with Crippen LogP contribution in [0.1, 0.15) is 26.7 Å². The van der Waals surface area contributed by atoms with Crippen LogP contribution in [0.2, 0.25) is 0 Å². The van der Waals surface area contributed by atoms with Gasteiger partial charge in [-0.05, 0) is 31.3 Å². The van der Waals surface area contributed by atoms with Crippen molar-refractivity contribution in [3.8, 4) is 0 Å². The Morgan fingerprint density at radius 2 is 2.00 bits per heavy atom. The number of nitrogens with one attached hydrogen (secondary N) is 1. The Morgan fingerprint density at radius 1 is 1.29 bits per heavy atom. The summed E-state index contributed by atoms with van der Waals surface area (Å²) in [6.45, 7) is 11.3. The van der Waals surface area contributed by atoms with Gasteiger partial charge in [-0.15, -0.1) is 0 Å². The Balaban J connectivity index is 2.54. The maximum atomic E-state index is 9.08. The third-order valence-corrected chi connectivity index (χ3v) is 3.73. The maximum absolute atomic E-state index is 9.08. The zero-order chi connectivity index (χ0) is 12.6. The summed E-state index contributed by atoms with van der Waals surface area (Å²) in [4.78, 5) is 2.35. The first kappa shape index (κ1) is 14.9. The van der Waals surface area contributed by atoms with Crippen LogP contribution >= 0.6 is 0 Å². The molecule has 4 nitrogen and oxygen atoms in total. The lowest BCUT2D eigenvalue weighted by Crippen LogP contribution is -2.48. The van der Waals surface area contributed by atoms with Crippen LogP contribution < -0.4 is 5.32 Å². The molecule has 2 N–H and O–H groups in total. The van der Waals surface area contributed by atoms with Crippen molar-refractivity contribution < 1.29 is 9.84 Å². The first-order valence-corrected chi connectivity index (χ1v) is 6.88. The van der Waals surface area contributed by atoms with Gasteiger partial charge in [0, 0.05) is 32.8 Å². The van der Waals surface area contributed by atoms with Gasteiger partial charge in [-0.25, -0.2) is 0 Å². The molecule has 0 spiro atoms. The van der Waals surface area contributed by atoms with Crippen LogP contribution in [-0.2, 0) is 4.74 Å². The molecular formula is C13H28N2O2. The average Bonchev–Trinajstić information content (AvgIpc) is 2.37. The van der Waals surface area contributed by atoms with Crippen molar-refractivity contribution in [1.29, 1.82) is 0 Å². The molecule has 1 heterocycles. The topological polar surface area (TPSA) is 44.7 Å². The lowest BCUT2D eigenvalue weighted by atomic mass is 9.79. The first-order valence-electron chi connectivity index (χ1n) is 6.88. The summed E-state index contributed by atoms with van der Waals surface area (Å²) in [7, 11) is 0. The normalized spacial score (nSPS) is 19.8. The van der Waals surface area contributed by atoms with Crippen LogP contribution in [0.3, 0.4) is 0 Å². The van der Waals surface area contributed by atoms with E-state index in [0.717, 1.165) is 58.8 Å². The van der Waals surface area contributed by atoms with E-state index in [1.165, 1.54) is 0 Å². The average molecular weight is 244 g/mol. The van der Waals surface area contributed by atoms with Crippen molar-refractivity contribution in [1.82, 2.24) is 10.2 Å². The van der Waals surface area contributed by atoms with Gasteiger partial charge >= 0.3 is 0 Å². The molecule has 0 atom stereocenters. The van der Waals surface area contributed by atoms with E-state index in [4.69, 9.17) is 9.84 Å². The first-order chi connectivity index (χ1) is 8.26. The Kier molecular flexibility index (Phi) is 7.04. The Morgan fingerprint density at radius 3 is 2.53 bits per heavy atom. The smallest absolute Gasteiger partial charge is 0.0558 e. The molecule has 0 aromatic rings. The standard InChI is InChI=1S/C13H28N2O2/c1-3-14-11-13(5-9-17-10-6-13)12-15(4-2)7-8-16/h14,16H,3-12H2,1-2H3. The second-order valence-corrected chi connectivity index (χ2v) is 4.99. The summed E-state index contributed by atoms with van der Waals surface area (Å²) >= 11 is 0. The van der Waals surface area contributed by atoms with E-state index in [1.807, 2.05) is 0 Å². The molecular weight excluding hydrogens is 216 g/mol. The molecule has 1 fully saturated rings. The van der Waals surface area contributed by atoms with E-state index in [9.17, 15) is 0 Å². The fourth-order valence-corrected chi connectivity index (χ4v) is 2.55. The molecule has 0 amide bonds. The summed E-state index contributed by atoms with van der Waals surface area (Å²) in [6.07, 6.45) is 2.25. The summed E-state index contributed by atoms with van der Waals surface area (Å²) < 4.78 is 5.48. The van der Waals surface area contributed by atoms with Crippen LogP contribution in [-0.4, -0.2) is 62.6 Å². The van der Waals surface area contributed by atoms with Crippen LogP contribution in [0.15, 0.2) is 0 Å². The van der Waals surface area contributed by atoms with Gasteiger partial charge in [0.2, 0.25) is 0 Å². The quantitative estimate of drug-likeness (QED) is 0.660. The molecule has 0 unspecified atom stereocenters. The van der Waals surface area contributed by atoms with E-state index < -0.39 is 0 Å². The molecule has 1 saturated heterocycles. The van der Waals surface area contributed by atoms with Crippen molar-refractivity contribution in [2.45, 2.75) is 26.7 Å². The Bertz CT molecular complexity index is 194. The van der Waals surface area contributed by atoms with Crippen molar-refractivity contribution in [3.63, 3.8) is 0 Å². The summed E-state index contributed by atoms with van der Waals surface area (Å²) in [6, 6.07) is 0. The molecule has 17 heavy (non-hydrogen) atoms. The van der Waals surface area contributed by atoms with Gasteiger partial charge in [0.25, 0.3) is 0 Å². The number of aliphatic hydroxyl groups excluding tert-OH is 1. The molecule has 4 heteroatoms. The van der Waals surface area contributed by atoms with Gasteiger partial charge in [-0.1, -0.05) is 13.8 Å². The molecule has 0 aromatic carbocycles. The summed E-state index contributed by atoms with van der Waals surface area (Å²) in [5.74, 6) is 0. The van der Waals surface area contributed by atoms with E-state index in [1.54, 1.807) is 0 Å². The van der Waals surface area contributed by atoms with Gasteiger partial charge in [-0.3, -0.25) is 0 Å². The van der Waals surface area contributed by atoms with E-state index in [2.05, 4.69) is 24.1 Å². The Labute approximate surface area is 105 Å². The van der Waals surface area contributed by atoms with Crippen LogP contribution in [0, 0.1) is 5.41 Å². The number of rotatable bonds is 8. The highest BCUT2D eigenvalue weighted by atomic mass is 16.5. The minimum atomic E-state index is 0.252. The highest BCUT2D eigenvalue weighted by molar-refractivity contribution is 4.87. The molecule has 0 saturated carbocycles. The number of hydrogen-bond acceptors (Lipinski definition) is 4. The van der Waals surface area contributed by atoms with Gasteiger partial charge in [0.1, 0.15) is 0 Å². The molecule has 0 radical (unpaired) electrons. The van der Waals surface area contributed by atoms with Crippen molar-refractivity contribution in [3.05, 3.63) is 0 Å². The van der Waals surface area contributed by atoms with Crippen molar-refractivity contribution in [2.24, 2.45) is 5.41 Å². The number of likely N-dealkylation sites (N-methyl/N-ethyl adjacent to an activating group) is 1.